The summed E-state index contributed by atoms with van der Waals surface area (Å²) in [5, 5.41) is 3.32. The van der Waals surface area contributed by atoms with Crippen molar-refractivity contribution in [3.05, 3.63) is 35.4 Å². The van der Waals surface area contributed by atoms with Crippen LogP contribution in [0.15, 0.2) is 18.2 Å². The lowest BCUT2D eigenvalue weighted by Crippen LogP contribution is -2.44. The van der Waals surface area contributed by atoms with Crippen LogP contribution >= 0.6 is 0 Å². The SMILES string of the molecule is CNC(Cc1cccc(F)c1F)C1(C)CCCCC1. The van der Waals surface area contributed by atoms with Crippen molar-refractivity contribution < 1.29 is 8.78 Å². The van der Waals surface area contributed by atoms with E-state index in [-0.39, 0.29) is 11.5 Å². The summed E-state index contributed by atoms with van der Waals surface area (Å²) in [5.74, 6) is -1.44. The molecule has 1 aromatic carbocycles. The van der Waals surface area contributed by atoms with Gasteiger partial charge in [-0.15, -0.1) is 0 Å². The Morgan fingerprint density at radius 1 is 1.21 bits per heavy atom. The minimum Gasteiger partial charge on any atom is -0.316 e. The third-order valence-electron chi connectivity index (χ3n) is 4.64. The molecule has 0 radical (unpaired) electrons. The Bertz CT molecular complexity index is 425. The van der Waals surface area contributed by atoms with Crippen molar-refractivity contribution >= 4 is 0 Å². The van der Waals surface area contributed by atoms with Crippen molar-refractivity contribution in [1.82, 2.24) is 5.32 Å². The second-order valence-electron chi connectivity index (χ2n) is 5.97. The molecule has 0 heterocycles. The lowest BCUT2D eigenvalue weighted by molar-refractivity contribution is 0.148. The molecule has 1 unspecified atom stereocenters. The molecule has 1 saturated carbocycles. The van der Waals surface area contributed by atoms with Crippen molar-refractivity contribution in [3.63, 3.8) is 0 Å². The van der Waals surface area contributed by atoms with Gasteiger partial charge in [0.05, 0.1) is 0 Å². The number of benzene rings is 1. The molecule has 1 aliphatic rings. The summed E-state index contributed by atoms with van der Waals surface area (Å²) in [6.07, 6.45) is 6.64. The lowest BCUT2D eigenvalue weighted by atomic mass is 9.69. The fourth-order valence-corrected chi connectivity index (χ4v) is 3.33. The zero-order valence-electron chi connectivity index (χ0n) is 11.8. The number of hydrogen-bond donors (Lipinski definition) is 1. The first-order valence-corrected chi connectivity index (χ1v) is 7.17. The van der Waals surface area contributed by atoms with Gasteiger partial charge in [-0.25, -0.2) is 8.78 Å². The van der Waals surface area contributed by atoms with E-state index in [0.29, 0.717) is 12.0 Å². The van der Waals surface area contributed by atoms with Crippen molar-refractivity contribution in [3.8, 4) is 0 Å². The summed E-state index contributed by atoms with van der Waals surface area (Å²) < 4.78 is 27.1. The van der Waals surface area contributed by atoms with E-state index in [1.807, 2.05) is 7.05 Å². The maximum Gasteiger partial charge on any atom is 0.162 e. The van der Waals surface area contributed by atoms with Crippen LogP contribution in [0.2, 0.25) is 0 Å². The minimum atomic E-state index is -0.749. The van der Waals surface area contributed by atoms with Crippen LogP contribution in [0.4, 0.5) is 8.78 Å². The molecule has 3 heteroatoms. The number of rotatable bonds is 4. The molecule has 0 bridgehead atoms. The molecule has 1 atom stereocenters. The van der Waals surface area contributed by atoms with E-state index in [9.17, 15) is 8.78 Å². The van der Waals surface area contributed by atoms with Gasteiger partial charge in [-0.05, 0) is 43.4 Å². The van der Waals surface area contributed by atoms with E-state index in [4.69, 9.17) is 0 Å². The van der Waals surface area contributed by atoms with Gasteiger partial charge in [-0.3, -0.25) is 0 Å². The molecule has 1 nitrogen and oxygen atoms in total. The van der Waals surface area contributed by atoms with Gasteiger partial charge < -0.3 is 5.32 Å². The molecule has 1 fully saturated rings. The summed E-state index contributed by atoms with van der Waals surface area (Å²) in [5.41, 5.74) is 0.664. The lowest BCUT2D eigenvalue weighted by Gasteiger charge is -2.41. The zero-order valence-corrected chi connectivity index (χ0v) is 11.8. The van der Waals surface area contributed by atoms with Crippen LogP contribution in [0.3, 0.4) is 0 Å². The number of likely N-dealkylation sites (N-methyl/N-ethyl adjacent to an activating group) is 1. The standard InChI is InChI=1S/C16H23F2N/c1-16(9-4-3-5-10-16)14(19-2)11-12-7-6-8-13(17)15(12)18/h6-8,14,19H,3-5,9-11H2,1-2H3. The van der Waals surface area contributed by atoms with Crippen LogP contribution in [-0.4, -0.2) is 13.1 Å². The number of nitrogens with one attached hydrogen (secondary N) is 1. The van der Waals surface area contributed by atoms with E-state index in [1.165, 1.54) is 25.3 Å². The van der Waals surface area contributed by atoms with Gasteiger partial charge in [0.25, 0.3) is 0 Å². The first-order valence-electron chi connectivity index (χ1n) is 7.17. The highest BCUT2D eigenvalue weighted by Crippen LogP contribution is 2.39. The monoisotopic (exact) mass is 267 g/mol. The zero-order chi connectivity index (χ0) is 13.9. The van der Waals surface area contributed by atoms with Crippen LogP contribution < -0.4 is 5.32 Å². The minimum absolute atomic E-state index is 0.186. The highest BCUT2D eigenvalue weighted by atomic mass is 19.2. The largest absolute Gasteiger partial charge is 0.316 e. The third kappa shape index (κ3) is 3.14. The Balaban J connectivity index is 2.16. The Morgan fingerprint density at radius 2 is 1.89 bits per heavy atom. The van der Waals surface area contributed by atoms with E-state index in [0.717, 1.165) is 12.8 Å². The van der Waals surface area contributed by atoms with Gasteiger partial charge in [0, 0.05) is 6.04 Å². The first-order chi connectivity index (χ1) is 9.07. The molecule has 0 amide bonds. The van der Waals surface area contributed by atoms with Crippen molar-refractivity contribution in [2.75, 3.05) is 7.05 Å². The number of halogens is 2. The Labute approximate surface area is 114 Å². The predicted octanol–water partition coefficient (Wildman–Crippen LogP) is 4.07. The van der Waals surface area contributed by atoms with Crippen molar-refractivity contribution in [2.45, 2.75) is 51.5 Å². The van der Waals surface area contributed by atoms with E-state index in [2.05, 4.69) is 12.2 Å². The van der Waals surface area contributed by atoms with Gasteiger partial charge >= 0.3 is 0 Å². The molecule has 0 spiro atoms. The second-order valence-corrected chi connectivity index (χ2v) is 5.97. The summed E-state index contributed by atoms with van der Waals surface area (Å²) in [7, 11) is 1.92. The molecule has 0 aliphatic heterocycles. The molecule has 1 aromatic rings. The smallest absolute Gasteiger partial charge is 0.162 e. The maximum absolute atomic E-state index is 13.8. The maximum atomic E-state index is 13.8. The third-order valence-corrected chi connectivity index (χ3v) is 4.64. The van der Waals surface area contributed by atoms with E-state index < -0.39 is 11.6 Å². The highest BCUT2D eigenvalue weighted by Gasteiger charge is 2.35. The molecule has 19 heavy (non-hydrogen) atoms. The van der Waals surface area contributed by atoms with Crippen LogP contribution in [0.1, 0.15) is 44.6 Å². The van der Waals surface area contributed by atoms with Crippen LogP contribution in [-0.2, 0) is 6.42 Å². The highest BCUT2D eigenvalue weighted by molar-refractivity contribution is 5.20. The topological polar surface area (TPSA) is 12.0 Å². The van der Waals surface area contributed by atoms with Crippen LogP contribution in [0.5, 0.6) is 0 Å². The van der Waals surface area contributed by atoms with Crippen molar-refractivity contribution in [1.29, 1.82) is 0 Å². The summed E-state index contributed by atoms with van der Waals surface area (Å²) >= 11 is 0. The molecule has 0 aromatic heterocycles. The fourth-order valence-electron chi connectivity index (χ4n) is 3.33. The molecule has 106 valence electrons. The quantitative estimate of drug-likeness (QED) is 0.867. The van der Waals surface area contributed by atoms with Gasteiger partial charge in [0.15, 0.2) is 11.6 Å². The molecular formula is C16H23F2N. The summed E-state index contributed by atoms with van der Waals surface area (Å²) in [6, 6.07) is 4.65. The Hall–Kier alpha value is -0.960. The van der Waals surface area contributed by atoms with Gasteiger partial charge in [0.2, 0.25) is 0 Å². The Kier molecular flexibility index (Phi) is 4.56. The average Bonchev–Trinajstić information content (AvgIpc) is 2.41. The predicted molar refractivity (Wildman–Crippen MR) is 74.1 cm³/mol. The molecular weight excluding hydrogens is 244 g/mol. The van der Waals surface area contributed by atoms with Gasteiger partial charge in [0.1, 0.15) is 0 Å². The molecule has 2 rings (SSSR count). The Morgan fingerprint density at radius 3 is 2.53 bits per heavy atom. The summed E-state index contributed by atoms with van der Waals surface area (Å²) in [6.45, 7) is 2.27. The average molecular weight is 267 g/mol. The number of hydrogen-bond acceptors (Lipinski definition) is 1. The molecule has 1 N–H and O–H groups in total. The normalized spacial score (nSPS) is 20.2. The molecule has 1 aliphatic carbocycles. The molecule has 0 saturated heterocycles. The fraction of sp³-hybridized carbons (Fsp3) is 0.625. The first kappa shape index (κ1) is 14.4. The second kappa shape index (κ2) is 6.00. The van der Waals surface area contributed by atoms with Gasteiger partial charge in [-0.1, -0.05) is 38.3 Å². The van der Waals surface area contributed by atoms with E-state index >= 15 is 0 Å². The van der Waals surface area contributed by atoms with Crippen LogP contribution in [0, 0.1) is 17.0 Å². The van der Waals surface area contributed by atoms with Crippen LogP contribution in [0.25, 0.3) is 0 Å². The van der Waals surface area contributed by atoms with Gasteiger partial charge in [-0.2, -0.15) is 0 Å². The summed E-state index contributed by atoms with van der Waals surface area (Å²) in [4.78, 5) is 0. The van der Waals surface area contributed by atoms with E-state index in [1.54, 1.807) is 12.1 Å². The van der Waals surface area contributed by atoms with Crippen molar-refractivity contribution in [2.24, 2.45) is 5.41 Å².